The second-order valence-electron chi connectivity index (χ2n) is 5.41. The van der Waals surface area contributed by atoms with E-state index in [1.54, 1.807) is 18.0 Å². The zero-order valence-corrected chi connectivity index (χ0v) is 12.5. The Labute approximate surface area is 120 Å². The maximum Gasteiger partial charge on any atom is 0.225 e. The van der Waals surface area contributed by atoms with E-state index in [1.807, 2.05) is 39.0 Å². The van der Waals surface area contributed by atoms with Gasteiger partial charge in [0, 0.05) is 25.1 Å². The molecule has 1 rings (SSSR count). The van der Waals surface area contributed by atoms with Crippen molar-refractivity contribution in [2.24, 2.45) is 22.7 Å². The Bertz CT molecular complexity index is 498. The van der Waals surface area contributed by atoms with Crippen LogP contribution in [0.1, 0.15) is 31.9 Å². The van der Waals surface area contributed by atoms with Gasteiger partial charge in [0.15, 0.2) is 5.84 Å². The molecule has 0 spiro atoms. The van der Waals surface area contributed by atoms with Crippen LogP contribution in [0.2, 0.25) is 0 Å². The summed E-state index contributed by atoms with van der Waals surface area (Å²) in [6.45, 7) is 6.52. The van der Waals surface area contributed by atoms with Crippen LogP contribution in [0.5, 0.6) is 0 Å². The molecule has 3 N–H and O–H groups in total. The smallest absolute Gasteiger partial charge is 0.225 e. The fourth-order valence-corrected chi connectivity index (χ4v) is 1.87. The fraction of sp³-hybridized carbons (Fsp3) is 0.467. The van der Waals surface area contributed by atoms with Crippen molar-refractivity contribution in [3.8, 4) is 0 Å². The molecule has 1 amide bonds. The fourth-order valence-electron chi connectivity index (χ4n) is 1.87. The van der Waals surface area contributed by atoms with Gasteiger partial charge in [-0.2, -0.15) is 0 Å². The first kappa shape index (κ1) is 16.0. The summed E-state index contributed by atoms with van der Waals surface area (Å²) in [5.41, 5.74) is 7.15. The molecule has 110 valence electrons. The number of nitrogens with zero attached hydrogens (tertiary/aromatic N) is 2. The molecule has 0 radical (unpaired) electrons. The summed E-state index contributed by atoms with van der Waals surface area (Å²) in [5, 5.41) is 11.7. The molecule has 5 nitrogen and oxygen atoms in total. The highest BCUT2D eigenvalue weighted by Gasteiger charge is 2.20. The predicted molar refractivity (Wildman–Crippen MR) is 79.4 cm³/mol. The first-order valence-electron chi connectivity index (χ1n) is 6.68. The Balaban J connectivity index is 2.81. The number of nitrogens with two attached hydrogens (primary N) is 1. The molecule has 0 heterocycles. The second-order valence-corrected chi connectivity index (χ2v) is 5.41. The first-order chi connectivity index (χ1) is 9.36. The Morgan fingerprint density at radius 3 is 2.60 bits per heavy atom. The van der Waals surface area contributed by atoms with Crippen LogP contribution in [0, 0.1) is 11.8 Å². The minimum absolute atomic E-state index is 0.00717. The molecule has 0 aliphatic rings. The molecule has 1 unspecified atom stereocenters. The van der Waals surface area contributed by atoms with Gasteiger partial charge in [-0.05, 0) is 17.5 Å². The van der Waals surface area contributed by atoms with E-state index in [9.17, 15) is 4.79 Å². The molecule has 0 aromatic heterocycles. The monoisotopic (exact) mass is 277 g/mol. The normalized spacial score (nSPS) is 13.3. The third-order valence-corrected chi connectivity index (χ3v) is 3.52. The van der Waals surface area contributed by atoms with Crippen molar-refractivity contribution < 1.29 is 10.0 Å². The first-order valence-corrected chi connectivity index (χ1v) is 6.68. The molecule has 5 heteroatoms. The third kappa shape index (κ3) is 3.98. The predicted octanol–water partition coefficient (Wildman–Crippen LogP) is 2.03. The molecule has 0 fully saturated rings. The highest BCUT2D eigenvalue weighted by molar-refractivity contribution is 5.97. The maximum atomic E-state index is 12.2. The Morgan fingerprint density at radius 1 is 1.40 bits per heavy atom. The van der Waals surface area contributed by atoms with Crippen molar-refractivity contribution in [2.45, 2.75) is 27.3 Å². The lowest BCUT2D eigenvalue weighted by atomic mass is 9.96. The van der Waals surface area contributed by atoms with Crippen LogP contribution in [-0.2, 0) is 11.3 Å². The topological polar surface area (TPSA) is 78.9 Å². The zero-order valence-electron chi connectivity index (χ0n) is 12.5. The average Bonchev–Trinajstić information content (AvgIpc) is 2.44. The van der Waals surface area contributed by atoms with Gasteiger partial charge in [0.25, 0.3) is 0 Å². The summed E-state index contributed by atoms with van der Waals surface area (Å²) < 4.78 is 0. The van der Waals surface area contributed by atoms with Crippen LogP contribution < -0.4 is 5.73 Å². The lowest BCUT2D eigenvalue weighted by molar-refractivity contribution is -0.135. The van der Waals surface area contributed by atoms with E-state index < -0.39 is 0 Å². The number of hydrogen-bond acceptors (Lipinski definition) is 3. The van der Waals surface area contributed by atoms with E-state index >= 15 is 0 Å². The van der Waals surface area contributed by atoms with E-state index in [0.717, 1.165) is 5.56 Å². The Hall–Kier alpha value is -2.04. The molecular weight excluding hydrogens is 254 g/mol. The van der Waals surface area contributed by atoms with Crippen LogP contribution in [0.4, 0.5) is 0 Å². The molecule has 0 bridgehead atoms. The van der Waals surface area contributed by atoms with Gasteiger partial charge in [0.1, 0.15) is 0 Å². The van der Waals surface area contributed by atoms with Crippen molar-refractivity contribution in [3.05, 3.63) is 35.4 Å². The zero-order chi connectivity index (χ0) is 15.3. The van der Waals surface area contributed by atoms with Crippen LogP contribution >= 0.6 is 0 Å². The number of carbonyl (C=O) groups is 1. The highest BCUT2D eigenvalue weighted by Crippen LogP contribution is 2.15. The van der Waals surface area contributed by atoms with Gasteiger partial charge in [-0.3, -0.25) is 4.79 Å². The molecule has 0 aliphatic carbocycles. The third-order valence-electron chi connectivity index (χ3n) is 3.52. The van der Waals surface area contributed by atoms with Gasteiger partial charge in [-0.1, -0.05) is 44.1 Å². The molecule has 1 atom stereocenters. The van der Waals surface area contributed by atoms with Gasteiger partial charge in [-0.15, -0.1) is 0 Å². The highest BCUT2D eigenvalue weighted by atomic mass is 16.4. The molecule has 20 heavy (non-hydrogen) atoms. The lowest BCUT2D eigenvalue weighted by Gasteiger charge is -2.23. The average molecular weight is 277 g/mol. The quantitative estimate of drug-likeness (QED) is 0.374. The largest absolute Gasteiger partial charge is 0.409 e. The number of benzene rings is 1. The standard InChI is InChI=1S/C15H23N3O2/c1-10(2)11(3)15(19)18(4)9-12-6-5-7-13(8-12)14(16)17-20/h5-8,10-11,20H,9H2,1-4H3,(H2,16,17). The minimum Gasteiger partial charge on any atom is -0.409 e. The van der Waals surface area contributed by atoms with Crippen LogP contribution in [0.25, 0.3) is 0 Å². The summed E-state index contributed by atoms with van der Waals surface area (Å²) in [6.07, 6.45) is 0. The van der Waals surface area contributed by atoms with E-state index in [4.69, 9.17) is 10.9 Å². The maximum absolute atomic E-state index is 12.2. The van der Waals surface area contributed by atoms with Gasteiger partial charge in [0.2, 0.25) is 5.91 Å². The Kier molecular flexibility index (Phi) is 5.55. The van der Waals surface area contributed by atoms with Gasteiger partial charge in [0.05, 0.1) is 0 Å². The number of rotatable bonds is 5. The number of amides is 1. The van der Waals surface area contributed by atoms with E-state index in [-0.39, 0.29) is 17.7 Å². The van der Waals surface area contributed by atoms with Gasteiger partial charge in [-0.25, -0.2) is 0 Å². The summed E-state index contributed by atoms with van der Waals surface area (Å²) in [6, 6.07) is 7.32. The minimum atomic E-state index is -0.00717. The number of hydrogen-bond donors (Lipinski definition) is 2. The molecule has 1 aromatic carbocycles. The van der Waals surface area contributed by atoms with Crippen LogP contribution in [0.15, 0.2) is 29.4 Å². The van der Waals surface area contributed by atoms with Crippen molar-refractivity contribution in [2.75, 3.05) is 7.05 Å². The van der Waals surface area contributed by atoms with Crippen molar-refractivity contribution >= 4 is 11.7 Å². The molecular formula is C15H23N3O2. The molecule has 1 aromatic rings. The lowest BCUT2D eigenvalue weighted by Crippen LogP contribution is -2.33. The van der Waals surface area contributed by atoms with Gasteiger partial charge >= 0.3 is 0 Å². The van der Waals surface area contributed by atoms with E-state index in [0.29, 0.717) is 18.0 Å². The van der Waals surface area contributed by atoms with Crippen molar-refractivity contribution in [1.29, 1.82) is 0 Å². The van der Waals surface area contributed by atoms with E-state index in [1.165, 1.54) is 0 Å². The number of oxime groups is 1. The molecule has 0 aliphatic heterocycles. The van der Waals surface area contributed by atoms with E-state index in [2.05, 4.69) is 5.16 Å². The van der Waals surface area contributed by atoms with Crippen LogP contribution in [0.3, 0.4) is 0 Å². The Morgan fingerprint density at radius 2 is 2.05 bits per heavy atom. The molecule has 0 saturated carbocycles. The van der Waals surface area contributed by atoms with Gasteiger partial charge < -0.3 is 15.8 Å². The summed E-state index contributed by atoms with van der Waals surface area (Å²) >= 11 is 0. The number of amidine groups is 1. The van der Waals surface area contributed by atoms with Crippen molar-refractivity contribution in [3.63, 3.8) is 0 Å². The number of carbonyl (C=O) groups excluding carboxylic acids is 1. The van der Waals surface area contributed by atoms with Crippen molar-refractivity contribution in [1.82, 2.24) is 4.90 Å². The van der Waals surface area contributed by atoms with Crippen LogP contribution in [-0.4, -0.2) is 28.9 Å². The second kappa shape index (κ2) is 6.93. The molecule has 0 saturated heterocycles. The summed E-state index contributed by atoms with van der Waals surface area (Å²) in [4.78, 5) is 13.9. The summed E-state index contributed by atoms with van der Waals surface area (Å²) in [5.74, 6) is 0.492. The SMILES string of the molecule is CC(C)C(C)C(=O)N(C)Cc1cccc(C(N)=NO)c1. The summed E-state index contributed by atoms with van der Waals surface area (Å²) in [7, 11) is 1.79.